The molecule has 1 heterocycles. The van der Waals surface area contributed by atoms with Crippen molar-refractivity contribution in [3.05, 3.63) is 40.5 Å². The quantitative estimate of drug-likeness (QED) is 0.894. The van der Waals surface area contributed by atoms with Gasteiger partial charge in [-0.2, -0.15) is 0 Å². The van der Waals surface area contributed by atoms with Gasteiger partial charge in [0, 0.05) is 16.0 Å². The van der Waals surface area contributed by atoms with Crippen LogP contribution < -0.4 is 5.73 Å². The zero-order valence-electron chi connectivity index (χ0n) is 9.74. The summed E-state index contributed by atoms with van der Waals surface area (Å²) in [5.74, 6) is -1.56. The fraction of sp³-hybridized carbons (Fsp3) is 0.154. The lowest BCUT2D eigenvalue weighted by molar-refractivity contribution is 0.0699. The van der Waals surface area contributed by atoms with Crippen molar-refractivity contribution in [1.29, 1.82) is 0 Å². The molecule has 0 atom stereocenters. The maximum absolute atomic E-state index is 13.8. The first-order chi connectivity index (χ1) is 8.56. The molecule has 0 spiro atoms. The van der Waals surface area contributed by atoms with E-state index in [0.29, 0.717) is 17.5 Å². The van der Waals surface area contributed by atoms with Crippen LogP contribution in [0.15, 0.2) is 24.3 Å². The van der Waals surface area contributed by atoms with Crippen molar-refractivity contribution in [2.75, 3.05) is 5.73 Å². The van der Waals surface area contributed by atoms with Crippen LogP contribution in [0.4, 0.5) is 9.39 Å². The molecular formula is C13H12FNO2S. The maximum atomic E-state index is 13.8. The van der Waals surface area contributed by atoms with Crippen molar-refractivity contribution in [2.24, 2.45) is 0 Å². The Balaban J connectivity index is 2.77. The number of carbonyl (C=O) groups is 1. The molecule has 0 saturated carbocycles. The summed E-state index contributed by atoms with van der Waals surface area (Å²) in [5, 5.41) is 9.43. The molecule has 0 unspecified atom stereocenters. The monoisotopic (exact) mass is 265 g/mol. The molecule has 0 aliphatic rings. The van der Waals surface area contributed by atoms with Gasteiger partial charge in [0.25, 0.3) is 0 Å². The highest BCUT2D eigenvalue weighted by atomic mass is 32.1. The predicted octanol–water partition coefficient (Wildman–Crippen LogP) is 3.40. The number of halogens is 1. The molecule has 5 heteroatoms. The summed E-state index contributed by atoms with van der Waals surface area (Å²) in [5.41, 5.74) is 6.42. The number of carboxylic acid groups (broad SMARTS) is 1. The van der Waals surface area contributed by atoms with Crippen LogP contribution >= 0.6 is 11.3 Å². The van der Waals surface area contributed by atoms with Gasteiger partial charge in [-0.05, 0) is 12.5 Å². The van der Waals surface area contributed by atoms with E-state index in [4.69, 9.17) is 5.73 Å². The van der Waals surface area contributed by atoms with Gasteiger partial charge in [0.05, 0.1) is 0 Å². The van der Waals surface area contributed by atoms with E-state index in [1.54, 1.807) is 18.2 Å². The Bertz CT molecular complexity index is 607. The molecule has 0 bridgehead atoms. The molecule has 94 valence electrons. The summed E-state index contributed by atoms with van der Waals surface area (Å²) >= 11 is 1.20. The maximum Gasteiger partial charge on any atom is 0.339 e. The summed E-state index contributed by atoms with van der Waals surface area (Å²) in [6.07, 6.45) is 0.617. The van der Waals surface area contributed by atoms with Crippen molar-refractivity contribution in [3.63, 3.8) is 0 Å². The standard InChI is InChI=1S/C13H12FNO2S/c1-2-9-10(7-5-3-4-6-8(7)14)11(13(16)17)12(15)18-9/h3-6H,2,15H2,1H3,(H,16,17). The molecule has 3 nitrogen and oxygen atoms in total. The zero-order valence-corrected chi connectivity index (χ0v) is 10.6. The lowest BCUT2D eigenvalue weighted by atomic mass is 10.00. The Kier molecular flexibility index (Phi) is 3.34. The van der Waals surface area contributed by atoms with Crippen molar-refractivity contribution in [2.45, 2.75) is 13.3 Å². The number of hydrogen-bond donors (Lipinski definition) is 2. The fourth-order valence-electron chi connectivity index (χ4n) is 1.91. The molecular weight excluding hydrogens is 253 g/mol. The van der Waals surface area contributed by atoms with E-state index in [9.17, 15) is 14.3 Å². The van der Waals surface area contributed by atoms with E-state index in [0.717, 1.165) is 4.88 Å². The average Bonchev–Trinajstić information content (AvgIpc) is 2.66. The van der Waals surface area contributed by atoms with Gasteiger partial charge < -0.3 is 10.8 Å². The summed E-state index contributed by atoms with van der Waals surface area (Å²) in [7, 11) is 0. The van der Waals surface area contributed by atoms with Crippen molar-refractivity contribution >= 4 is 22.3 Å². The van der Waals surface area contributed by atoms with Crippen LogP contribution in [0.3, 0.4) is 0 Å². The van der Waals surface area contributed by atoms with Crippen LogP contribution in [0, 0.1) is 5.82 Å². The summed E-state index contributed by atoms with van der Waals surface area (Å²) in [6, 6.07) is 6.13. The Morgan fingerprint density at radius 2 is 2.11 bits per heavy atom. The summed E-state index contributed by atoms with van der Waals surface area (Å²) < 4.78 is 13.8. The number of aryl methyl sites for hydroxylation is 1. The first kappa shape index (κ1) is 12.6. The highest BCUT2D eigenvalue weighted by molar-refractivity contribution is 7.17. The van der Waals surface area contributed by atoms with Crippen LogP contribution in [0.25, 0.3) is 11.1 Å². The van der Waals surface area contributed by atoms with Gasteiger partial charge in [0.15, 0.2) is 0 Å². The molecule has 3 N–H and O–H groups in total. The highest BCUT2D eigenvalue weighted by Gasteiger charge is 2.23. The average molecular weight is 265 g/mol. The van der Waals surface area contributed by atoms with Gasteiger partial charge in [-0.15, -0.1) is 11.3 Å². The lowest BCUT2D eigenvalue weighted by Gasteiger charge is -2.05. The predicted molar refractivity (Wildman–Crippen MR) is 70.5 cm³/mol. The molecule has 18 heavy (non-hydrogen) atoms. The smallest absolute Gasteiger partial charge is 0.339 e. The number of nitrogens with two attached hydrogens (primary N) is 1. The number of nitrogen functional groups attached to an aromatic ring is 1. The number of benzene rings is 1. The first-order valence-corrected chi connectivity index (χ1v) is 6.27. The SMILES string of the molecule is CCc1sc(N)c(C(=O)O)c1-c1ccccc1F. The van der Waals surface area contributed by atoms with E-state index in [2.05, 4.69) is 0 Å². The van der Waals surface area contributed by atoms with Crippen molar-refractivity contribution in [3.8, 4) is 11.1 Å². The highest BCUT2D eigenvalue weighted by Crippen LogP contribution is 2.39. The second-order valence-electron chi connectivity index (χ2n) is 3.78. The Hall–Kier alpha value is -1.88. The van der Waals surface area contributed by atoms with E-state index < -0.39 is 11.8 Å². The lowest BCUT2D eigenvalue weighted by Crippen LogP contribution is -2.02. The zero-order chi connectivity index (χ0) is 13.3. The van der Waals surface area contributed by atoms with Crippen LogP contribution in [0.2, 0.25) is 0 Å². The van der Waals surface area contributed by atoms with E-state index in [-0.39, 0.29) is 10.6 Å². The summed E-state index contributed by atoms with van der Waals surface area (Å²) in [6.45, 7) is 1.89. The largest absolute Gasteiger partial charge is 0.478 e. The second-order valence-corrected chi connectivity index (χ2v) is 4.91. The molecule has 0 radical (unpaired) electrons. The van der Waals surface area contributed by atoms with Crippen LogP contribution in [0.5, 0.6) is 0 Å². The van der Waals surface area contributed by atoms with Gasteiger partial charge in [0.2, 0.25) is 0 Å². The van der Waals surface area contributed by atoms with E-state index in [1.165, 1.54) is 17.4 Å². The molecule has 1 aromatic heterocycles. The Morgan fingerprint density at radius 3 is 2.67 bits per heavy atom. The number of carboxylic acids is 1. The van der Waals surface area contributed by atoms with Crippen LogP contribution in [0.1, 0.15) is 22.2 Å². The van der Waals surface area contributed by atoms with Gasteiger partial charge in [-0.25, -0.2) is 9.18 Å². The third-order valence-electron chi connectivity index (χ3n) is 2.69. The van der Waals surface area contributed by atoms with Gasteiger partial charge in [-0.1, -0.05) is 25.1 Å². The third-order valence-corrected chi connectivity index (χ3v) is 3.85. The number of aromatic carboxylic acids is 1. The molecule has 0 amide bonds. The van der Waals surface area contributed by atoms with Gasteiger partial charge >= 0.3 is 5.97 Å². The second kappa shape index (κ2) is 4.78. The molecule has 0 saturated heterocycles. The summed E-state index contributed by atoms with van der Waals surface area (Å²) in [4.78, 5) is 12.0. The molecule has 2 aromatic rings. The first-order valence-electron chi connectivity index (χ1n) is 5.45. The Morgan fingerprint density at radius 1 is 1.44 bits per heavy atom. The van der Waals surface area contributed by atoms with Crippen molar-refractivity contribution < 1.29 is 14.3 Å². The third kappa shape index (κ3) is 1.97. The Labute approximate surface area is 108 Å². The van der Waals surface area contributed by atoms with E-state index >= 15 is 0 Å². The number of hydrogen-bond acceptors (Lipinski definition) is 3. The topological polar surface area (TPSA) is 63.3 Å². The minimum Gasteiger partial charge on any atom is -0.478 e. The van der Waals surface area contributed by atoms with E-state index in [1.807, 2.05) is 6.92 Å². The minimum absolute atomic E-state index is 0.00181. The van der Waals surface area contributed by atoms with Gasteiger partial charge in [-0.3, -0.25) is 0 Å². The van der Waals surface area contributed by atoms with Crippen LogP contribution in [-0.2, 0) is 6.42 Å². The molecule has 0 aliphatic heterocycles. The number of anilines is 1. The number of rotatable bonds is 3. The number of thiophene rings is 1. The minimum atomic E-state index is -1.12. The molecule has 0 fully saturated rings. The molecule has 2 rings (SSSR count). The fourth-order valence-corrected chi connectivity index (χ4v) is 2.92. The molecule has 1 aromatic carbocycles. The molecule has 0 aliphatic carbocycles. The van der Waals surface area contributed by atoms with Crippen LogP contribution in [-0.4, -0.2) is 11.1 Å². The van der Waals surface area contributed by atoms with Crippen molar-refractivity contribution in [1.82, 2.24) is 0 Å². The van der Waals surface area contributed by atoms with Gasteiger partial charge in [0.1, 0.15) is 16.4 Å². The normalized spacial score (nSPS) is 10.6.